The second-order valence-electron chi connectivity index (χ2n) is 7.44. The van der Waals surface area contributed by atoms with Gasteiger partial charge in [-0.1, -0.05) is 47.1 Å². The molecule has 1 atom stereocenters. The molecule has 1 amide bonds. The van der Waals surface area contributed by atoms with Crippen LogP contribution in [0.5, 0.6) is 5.75 Å². The first kappa shape index (κ1) is 21.9. The van der Waals surface area contributed by atoms with E-state index in [-0.39, 0.29) is 17.9 Å². The van der Waals surface area contributed by atoms with Crippen molar-refractivity contribution in [1.29, 1.82) is 0 Å². The van der Waals surface area contributed by atoms with E-state index < -0.39 is 17.7 Å². The lowest BCUT2D eigenvalue weighted by atomic mass is 9.95. The highest BCUT2D eigenvalue weighted by atomic mass is 79.9. The van der Waals surface area contributed by atoms with Crippen molar-refractivity contribution in [2.75, 3.05) is 6.61 Å². The van der Waals surface area contributed by atoms with Gasteiger partial charge in [-0.25, -0.2) is 0 Å². The maximum atomic E-state index is 13.1. The summed E-state index contributed by atoms with van der Waals surface area (Å²) in [6.07, 6.45) is 2.36. The number of ketones is 1. The second-order valence-corrected chi connectivity index (χ2v) is 8.35. The van der Waals surface area contributed by atoms with Gasteiger partial charge in [-0.15, -0.1) is 0 Å². The number of amides is 1. The third kappa shape index (κ3) is 4.34. The molecule has 0 radical (unpaired) electrons. The van der Waals surface area contributed by atoms with E-state index in [1.807, 2.05) is 31.2 Å². The third-order valence-corrected chi connectivity index (χ3v) is 5.68. The number of hydrogen-bond acceptors (Lipinski definition) is 5. The SMILES string of the molecule is CCCOc1cccc(/C(O)=C2\C(=O)C(=O)N(Cc3ccco3)C2c2cccc(Br)c2)c1. The fraction of sp³-hybridized carbons (Fsp3) is 0.200. The Hall–Kier alpha value is -3.32. The number of benzene rings is 2. The van der Waals surface area contributed by atoms with Crippen molar-refractivity contribution in [2.24, 2.45) is 0 Å². The predicted molar refractivity (Wildman–Crippen MR) is 123 cm³/mol. The molecule has 0 bridgehead atoms. The van der Waals surface area contributed by atoms with Crippen LogP contribution in [0.1, 0.15) is 36.3 Å². The molecule has 1 saturated heterocycles. The number of ether oxygens (including phenoxy) is 1. The minimum atomic E-state index is -0.766. The van der Waals surface area contributed by atoms with Crippen LogP contribution < -0.4 is 4.74 Å². The first-order valence-electron chi connectivity index (χ1n) is 10.3. The van der Waals surface area contributed by atoms with Gasteiger partial charge in [0.05, 0.1) is 31.0 Å². The zero-order valence-corrected chi connectivity index (χ0v) is 19.0. The molecule has 2 aromatic carbocycles. The number of carbonyl (C=O) groups is 2. The minimum Gasteiger partial charge on any atom is -0.507 e. The van der Waals surface area contributed by atoms with Gasteiger partial charge in [0.1, 0.15) is 17.3 Å². The van der Waals surface area contributed by atoms with Crippen molar-refractivity contribution in [3.05, 3.63) is 93.9 Å². The smallest absolute Gasteiger partial charge is 0.296 e. The molecule has 0 spiro atoms. The topological polar surface area (TPSA) is 80.0 Å². The molecule has 7 heteroatoms. The van der Waals surface area contributed by atoms with Crippen molar-refractivity contribution < 1.29 is 23.8 Å². The average molecular weight is 496 g/mol. The summed E-state index contributed by atoms with van der Waals surface area (Å²) >= 11 is 3.45. The number of Topliss-reactive ketones (excluding diaryl/α,β-unsaturated/α-hetero) is 1. The molecular weight excluding hydrogens is 474 g/mol. The summed E-state index contributed by atoms with van der Waals surface area (Å²) in [7, 11) is 0. The van der Waals surface area contributed by atoms with Gasteiger partial charge in [0.15, 0.2) is 0 Å². The standard InChI is InChI=1S/C25H22BrNO5/c1-2-11-31-19-9-4-7-17(14-19)23(28)21-22(16-6-3-8-18(26)13-16)27(25(30)24(21)29)15-20-10-5-12-32-20/h3-10,12-14,22,28H,2,11,15H2,1H3/b23-21+. The lowest BCUT2D eigenvalue weighted by Crippen LogP contribution is -2.29. The van der Waals surface area contributed by atoms with E-state index in [9.17, 15) is 14.7 Å². The molecule has 164 valence electrons. The lowest BCUT2D eigenvalue weighted by molar-refractivity contribution is -0.140. The fourth-order valence-electron chi connectivity index (χ4n) is 3.75. The van der Waals surface area contributed by atoms with Crippen LogP contribution in [0.25, 0.3) is 5.76 Å². The number of nitrogens with zero attached hydrogens (tertiary/aromatic N) is 1. The summed E-state index contributed by atoms with van der Waals surface area (Å²) in [5.74, 6) is -0.538. The van der Waals surface area contributed by atoms with E-state index in [0.29, 0.717) is 29.2 Å². The van der Waals surface area contributed by atoms with Crippen molar-refractivity contribution in [1.82, 2.24) is 4.90 Å². The molecule has 1 aliphatic heterocycles. The first-order valence-corrected chi connectivity index (χ1v) is 11.1. The molecule has 3 aromatic rings. The van der Waals surface area contributed by atoms with Gasteiger partial charge in [0.2, 0.25) is 0 Å². The van der Waals surface area contributed by atoms with Gasteiger partial charge in [-0.3, -0.25) is 9.59 Å². The molecule has 1 aromatic heterocycles. The van der Waals surface area contributed by atoms with Crippen molar-refractivity contribution >= 4 is 33.4 Å². The average Bonchev–Trinajstić information content (AvgIpc) is 3.40. The zero-order chi connectivity index (χ0) is 22.7. The molecule has 1 aliphatic rings. The third-order valence-electron chi connectivity index (χ3n) is 5.19. The van der Waals surface area contributed by atoms with Crippen LogP contribution in [0, 0.1) is 0 Å². The van der Waals surface area contributed by atoms with E-state index in [1.165, 1.54) is 11.2 Å². The van der Waals surface area contributed by atoms with Gasteiger partial charge in [-0.05, 0) is 48.4 Å². The molecule has 6 nitrogen and oxygen atoms in total. The van der Waals surface area contributed by atoms with Crippen LogP contribution in [0.3, 0.4) is 0 Å². The highest BCUT2D eigenvalue weighted by Gasteiger charge is 2.46. The summed E-state index contributed by atoms with van der Waals surface area (Å²) in [5.41, 5.74) is 1.15. The van der Waals surface area contributed by atoms with Crippen molar-refractivity contribution in [3.8, 4) is 5.75 Å². The molecule has 1 fully saturated rings. The number of aliphatic hydroxyl groups is 1. The molecule has 32 heavy (non-hydrogen) atoms. The maximum Gasteiger partial charge on any atom is 0.296 e. The normalized spacial score (nSPS) is 17.7. The van der Waals surface area contributed by atoms with E-state index in [4.69, 9.17) is 9.15 Å². The number of hydrogen-bond donors (Lipinski definition) is 1. The van der Waals surface area contributed by atoms with Crippen LogP contribution in [-0.2, 0) is 16.1 Å². The second kappa shape index (κ2) is 9.44. The monoisotopic (exact) mass is 495 g/mol. The van der Waals surface area contributed by atoms with E-state index in [2.05, 4.69) is 15.9 Å². The Morgan fingerprint density at radius 2 is 1.94 bits per heavy atom. The first-order chi connectivity index (χ1) is 15.5. The highest BCUT2D eigenvalue weighted by Crippen LogP contribution is 2.41. The molecule has 0 aliphatic carbocycles. The van der Waals surface area contributed by atoms with Crippen molar-refractivity contribution in [3.63, 3.8) is 0 Å². The van der Waals surface area contributed by atoms with Crippen LogP contribution in [0.2, 0.25) is 0 Å². The molecule has 1 N–H and O–H groups in total. The van der Waals surface area contributed by atoms with Gasteiger partial charge >= 0.3 is 0 Å². The molecular formula is C25H22BrNO5. The molecule has 4 rings (SSSR count). The lowest BCUT2D eigenvalue weighted by Gasteiger charge is -2.24. The quantitative estimate of drug-likeness (QED) is 0.267. The number of rotatable bonds is 7. The van der Waals surface area contributed by atoms with Gasteiger partial charge in [-0.2, -0.15) is 0 Å². The van der Waals surface area contributed by atoms with Gasteiger partial charge in [0.25, 0.3) is 11.7 Å². The van der Waals surface area contributed by atoms with Crippen molar-refractivity contribution in [2.45, 2.75) is 25.9 Å². The minimum absolute atomic E-state index is 0.0345. The largest absolute Gasteiger partial charge is 0.507 e. The summed E-state index contributed by atoms with van der Waals surface area (Å²) in [4.78, 5) is 27.5. The predicted octanol–water partition coefficient (Wildman–Crippen LogP) is 5.45. The van der Waals surface area contributed by atoms with Gasteiger partial charge in [0, 0.05) is 10.0 Å². The van der Waals surface area contributed by atoms with Crippen LogP contribution in [0.4, 0.5) is 0 Å². The van der Waals surface area contributed by atoms with Crippen LogP contribution in [-0.4, -0.2) is 28.3 Å². The number of aliphatic hydroxyl groups excluding tert-OH is 1. The molecule has 2 heterocycles. The Morgan fingerprint density at radius 1 is 1.12 bits per heavy atom. The fourth-order valence-corrected chi connectivity index (χ4v) is 4.16. The molecule has 1 unspecified atom stereocenters. The van der Waals surface area contributed by atoms with Crippen LogP contribution in [0.15, 0.2) is 81.4 Å². The summed E-state index contributed by atoms with van der Waals surface area (Å²) in [5, 5.41) is 11.2. The van der Waals surface area contributed by atoms with Gasteiger partial charge < -0.3 is 19.2 Å². The maximum absolute atomic E-state index is 13.1. The van der Waals surface area contributed by atoms with E-state index in [0.717, 1.165) is 10.9 Å². The Bertz CT molecular complexity index is 1170. The number of likely N-dealkylation sites (tertiary alicyclic amines) is 1. The van der Waals surface area contributed by atoms with E-state index >= 15 is 0 Å². The number of carbonyl (C=O) groups excluding carboxylic acids is 2. The number of furan rings is 1. The Balaban J connectivity index is 1.82. The zero-order valence-electron chi connectivity index (χ0n) is 17.5. The van der Waals surface area contributed by atoms with E-state index in [1.54, 1.807) is 36.4 Å². The highest BCUT2D eigenvalue weighted by molar-refractivity contribution is 9.10. The number of halogens is 1. The summed E-state index contributed by atoms with van der Waals surface area (Å²) in [6.45, 7) is 2.64. The Morgan fingerprint density at radius 3 is 2.66 bits per heavy atom. The Kier molecular flexibility index (Phi) is 6.46. The van der Waals surface area contributed by atoms with Crippen LogP contribution >= 0.6 is 15.9 Å². The Labute approximate surface area is 194 Å². The summed E-state index contributed by atoms with van der Waals surface area (Å²) < 4.78 is 11.9. The molecule has 0 saturated carbocycles. The summed E-state index contributed by atoms with van der Waals surface area (Å²) in [6, 6.07) is 16.9.